The first-order chi connectivity index (χ1) is 13.1. The lowest BCUT2D eigenvalue weighted by molar-refractivity contribution is -0.114. The maximum atomic E-state index is 12.0. The molecule has 1 aliphatic heterocycles. The zero-order valence-electron chi connectivity index (χ0n) is 14.7. The van der Waals surface area contributed by atoms with Crippen molar-refractivity contribution in [2.24, 2.45) is 5.73 Å². The van der Waals surface area contributed by atoms with Crippen molar-refractivity contribution in [3.63, 3.8) is 0 Å². The van der Waals surface area contributed by atoms with E-state index in [1.165, 1.54) is 6.26 Å². The lowest BCUT2D eigenvalue weighted by Gasteiger charge is -2.46. The molecule has 1 atom stereocenters. The summed E-state index contributed by atoms with van der Waals surface area (Å²) >= 11 is 6.60. The summed E-state index contributed by atoms with van der Waals surface area (Å²) in [4.78, 5) is 18.6. The Morgan fingerprint density at radius 3 is 2.70 bits per heavy atom. The van der Waals surface area contributed by atoms with E-state index < -0.39 is 11.4 Å². The second-order valence-electron chi connectivity index (χ2n) is 6.61. The molecular weight excluding hydrogens is 366 g/mol. The van der Waals surface area contributed by atoms with Gasteiger partial charge in [-0.25, -0.2) is 4.98 Å². The van der Waals surface area contributed by atoms with E-state index in [-0.39, 0.29) is 0 Å². The topological polar surface area (TPSA) is 81.6 Å². The first-order valence-electron chi connectivity index (χ1n) is 8.82. The van der Waals surface area contributed by atoms with E-state index in [0.29, 0.717) is 41.7 Å². The zero-order valence-corrected chi connectivity index (χ0v) is 15.5. The largest absolute Gasteiger partial charge is 0.445 e. The summed E-state index contributed by atoms with van der Waals surface area (Å²) in [6.45, 7) is 2.78. The number of hydrogen-bond donors (Lipinski definition) is 1. The highest BCUT2D eigenvalue weighted by atomic mass is 35.5. The van der Waals surface area contributed by atoms with E-state index in [1.807, 2.05) is 30.3 Å². The van der Waals surface area contributed by atoms with Gasteiger partial charge < -0.3 is 14.9 Å². The molecule has 2 aliphatic rings. The fraction of sp³-hybridized carbons (Fsp3) is 0.300. The molecule has 27 heavy (non-hydrogen) atoms. The molecule has 6 nitrogen and oxygen atoms in total. The Kier molecular flexibility index (Phi) is 4.86. The summed E-state index contributed by atoms with van der Waals surface area (Å²) in [7, 11) is 0. The van der Waals surface area contributed by atoms with E-state index >= 15 is 0 Å². The smallest absolute Gasteiger partial charge is 0.249 e. The summed E-state index contributed by atoms with van der Waals surface area (Å²) < 4.78 is 11.1. The molecule has 4 rings (SSSR count). The van der Waals surface area contributed by atoms with Gasteiger partial charge in [-0.15, -0.1) is 0 Å². The fourth-order valence-electron chi connectivity index (χ4n) is 3.89. The maximum absolute atomic E-state index is 12.0. The van der Waals surface area contributed by atoms with Gasteiger partial charge in [0.15, 0.2) is 0 Å². The molecule has 2 N–H and O–H groups in total. The van der Waals surface area contributed by atoms with Crippen LogP contribution < -0.4 is 5.73 Å². The summed E-state index contributed by atoms with van der Waals surface area (Å²) in [5.74, 6) is -0.105. The van der Waals surface area contributed by atoms with E-state index in [2.05, 4.69) is 9.88 Å². The third-order valence-electron chi connectivity index (χ3n) is 5.17. The SMILES string of the molecule is NC(=O)C1=C(c2ncco2)CC(c2ccccc2Cl)(N2CCOCC2)C=C1. The van der Waals surface area contributed by atoms with Crippen molar-refractivity contribution < 1.29 is 13.9 Å². The number of halogens is 1. The van der Waals surface area contributed by atoms with Crippen molar-refractivity contribution in [2.45, 2.75) is 12.0 Å². The minimum atomic E-state index is -0.537. The van der Waals surface area contributed by atoms with Gasteiger partial charge >= 0.3 is 0 Å². The molecule has 2 heterocycles. The molecule has 1 fully saturated rings. The Balaban J connectivity index is 1.87. The molecule has 1 unspecified atom stereocenters. The Hall–Kier alpha value is -2.41. The lowest BCUT2D eigenvalue weighted by Crippen LogP contribution is -2.51. The molecule has 0 radical (unpaired) electrons. The van der Waals surface area contributed by atoms with Crippen molar-refractivity contribution in [1.82, 2.24) is 9.88 Å². The maximum Gasteiger partial charge on any atom is 0.249 e. The van der Waals surface area contributed by atoms with Crippen LogP contribution in [0.15, 0.2) is 58.9 Å². The number of morpholine rings is 1. The van der Waals surface area contributed by atoms with Crippen LogP contribution in [0.2, 0.25) is 5.02 Å². The average Bonchev–Trinajstić information content (AvgIpc) is 3.23. The molecular formula is C20H20ClN3O3. The van der Waals surface area contributed by atoms with Gasteiger partial charge in [-0.2, -0.15) is 0 Å². The lowest BCUT2D eigenvalue weighted by atomic mass is 9.76. The standard InChI is InChI=1S/C20H20ClN3O3/c21-17-4-2-1-3-16(17)20(24-8-11-26-12-9-24)6-5-14(18(22)25)15(13-20)19-23-7-10-27-19/h1-7,10H,8-9,11-13H2,(H2,22,25). The number of oxazole rings is 1. The second kappa shape index (κ2) is 7.31. The van der Waals surface area contributed by atoms with Crippen LogP contribution in [-0.2, 0) is 15.1 Å². The Bertz CT molecular complexity index is 901. The normalized spacial score (nSPS) is 23.6. The first-order valence-corrected chi connectivity index (χ1v) is 9.19. The predicted molar refractivity (Wildman–Crippen MR) is 102 cm³/mol. The van der Waals surface area contributed by atoms with Crippen LogP contribution in [0.4, 0.5) is 0 Å². The van der Waals surface area contributed by atoms with Crippen LogP contribution in [-0.4, -0.2) is 42.1 Å². The molecule has 7 heteroatoms. The minimum absolute atomic E-state index is 0.401. The zero-order chi connectivity index (χ0) is 18.9. The van der Waals surface area contributed by atoms with E-state index in [1.54, 1.807) is 12.3 Å². The third-order valence-corrected chi connectivity index (χ3v) is 5.50. The summed E-state index contributed by atoms with van der Waals surface area (Å²) in [6, 6.07) is 7.77. The molecule has 0 saturated carbocycles. The van der Waals surface area contributed by atoms with E-state index in [9.17, 15) is 4.79 Å². The number of nitrogens with two attached hydrogens (primary N) is 1. The number of primary amides is 1. The quantitative estimate of drug-likeness (QED) is 0.875. The molecule has 1 aromatic carbocycles. The number of aromatic nitrogens is 1. The van der Waals surface area contributed by atoms with Crippen LogP contribution in [0.3, 0.4) is 0 Å². The van der Waals surface area contributed by atoms with Crippen molar-refractivity contribution in [3.05, 3.63) is 70.9 Å². The number of rotatable bonds is 4. The Morgan fingerprint density at radius 1 is 1.26 bits per heavy atom. The van der Waals surface area contributed by atoms with Gasteiger partial charge in [-0.05, 0) is 11.6 Å². The summed E-state index contributed by atoms with van der Waals surface area (Å²) in [5.41, 5.74) is 7.15. The number of benzene rings is 1. The second-order valence-corrected chi connectivity index (χ2v) is 7.01. The summed E-state index contributed by atoms with van der Waals surface area (Å²) in [5, 5.41) is 0.669. The Morgan fingerprint density at radius 2 is 2.04 bits per heavy atom. The molecule has 1 aliphatic carbocycles. The molecule has 1 aromatic heterocycles. The number of nitrogens with zero attached hydrogens (tertiary/aromatic N) is 2. The van der Waals surface area contributed by atoms with Crippen LogP contribution >= 0.6 is 11.6 Å². The highest BCUT2D eigenvalue weighted by molar-refractivity contribution is 6.31. The molecule has 1 saturated heterocycles. The highest BCUT2D eigenvalue weighted by Gasteiger charge is 2.43. The van der Waals surface area contributed by atoms with Gasteiger partial charge in [-0.1, -0.05) is 42.0 Å². The van der Waals surface area contributed by atoms with Gasteiger partial charge in [0.1, 0.15) is 6.26 Å². The minimum Gasteiger partial charge on any atom is -0.445 e. The molecule has 2 aromatic rings. The Labute approximate surface area is 162 Å². The number of hydrogen-bond acceptors (Lipinski definition) is 5. The molecule has 140 valence electrons. The molecule has 0 bridgehead atoms. The van der Waals surface area contributed by atoms with Gasteiger partial charge in [0.2, 0.25) is 11.8 Å². The monoisotopic (exact) mass is 385 g/mol. The van der Waals surface area contributed by atoms with Crippen LogP contribution in [0.1, 0.15) is 17.9 Å². The van der Waals surface area contributed by atoms with Crippen LogP contribution in [0, 0.1) is 0 Å². The van der Waals surface area contributed by atoms with Gasteiger partial charge in [0.05, 0.1) is 24.9 Å². The van der Waals surface area contributed by atoms with Gasteiger partial charge in [-0.3, -0.25) is 9.69 Å². The van der Waals surface area contributed by atoms with Crippen molar-refractivity contribution in [3.8, 4) is 0 Å². The number of amides is 1. The summed E-state index contributed by atoms with van der Waals surface area (Å²) in [6.07, 6.45) is 7.32. The fourth-order valence-corrected chi connectivity index (χ4v) is 4.19. The average molecular weight is 386 g/mol. The van der Waals surface area contributed by atoms with E-state index in [0.717, 1.165) is 18.7 Å². The number of carbonyl (C=O) groups excluding carboxylic acids is 1. The van der Waals surface area contributed by atoms with Crippen molar-refractivity contribution in [2.75, 3.05) is 26.3 Å². The van der Waals surface area contributed by atoms with Crippen molar-refractivity contribution in [1.29, 1.82) is 0 Å². The van der Waals surface area contributed by atoms with Crippen LogP contribution in [0.25, 0.3) is 5.57 Å². The third kappa shape index (κ3) is 3.20. The van der Waals surface area contributed by atoms with Crippen molar-refractivity contribution >= 4 is 23.1 Å². The molecule has 1 amide bonds. The van der Waals surface area contributed by atoms with Gasteiger partial charge in [0.25, 0.3) is 0 Å². The van der Waals surface area contributed by atoms with Crippen LogP contribution in [0.5, 0.6) is 0 Å². The van der Waals surface area contributed by atoms with E-state index in [4.69, 9.17) is 26.5 Å². The van der Waals surface area contributed by atoms with Gasteiger partial charge in [0, 0.05) is 35.7 Å². The predicted octanol–water partition coefficient (Wildman–Crippen LogP) is 2.75. The highest BCUT2D eigenvalue weighted by Crippen LogP contribution is 2.46. The first kappa shape index (κ1) is 18.0. The molecule has 0 spiro atoms. The number of ether oxygens (including phenoxy) is 1. The number of carbonyl (C=O) groups is 1.